The minimum absolute atomic E-state index is 0.00421. The van der Waals surface area contributed by atoms with Crippen LogP contribution in [0.25, 0.3) is 0 Å². The van der Waals surface area contributed by atoms with E-state index in [9.17, 15) is 9.59 Å². The smallest absolute Gasteiger partial charge is 0.243 e. The molecule has 1 saturated carbocycles. The molecule has 0 spiro atoms. The van der Waals surface area contributed by atoms with Crippen molar-refractivity contribution >= 4 is 39.4 Å². The van der Waals surface area contributed by atoms with Crippen molar-refractivity contribution < 1.29 is 9.59 Å². The standard InChI is InChI=1S/C32H37BrN6O2/c33-26-8-4-7-25(18-26)27(17-20-9-13-23(14-10-20)29(34)35)31(40)39-28(22-5-2-1-3-6-22)32(41)38-19-21-11-15-24(16-12-21)30(36)37/h4,7-16,18,22,27-28H,1-3,5-6,17,19H2,(H3,34,35)(H3,36,37)(H,38,41)(H,39,40). The van der Waals surface area contributed by atoms with Crippen LogP contribution in [-0.4, -0.2) is 29.5 Å². The second kappa shape index (κ2) is 14.1. The number of amidine groups is 2. The molecule has 0 saturated heterocycles. The summed E-state index contributed by atoms with van der Waals surface area (Å²) in [5.41, 5.74) is 15.1. The Labute approximate surface area is 249 Å². The van der Waals surface area contributed by atoms with Crippen LogP contribution < -0.4 is 22.1 Å². The van der Waals surface area contributed by atoms with Gasteiger partial charge in [0.25, 0.3) is 0 Å². The molecule has 2 unspecified atom stereocenters. The van der Waals surface area contributed by atoms with Gasteiger partial charge in [-0.3, -0.25) is 20.4 Å². The van der Waals surface area contributed by atoms with Crippen LogP contribution in [0, 0.1) is 16.7 Å². The molecular formula is C32H37BrN6O2. The lowest BCUT2D eigenvalue weighted by molar-refractivity contribution is -0.131. The molecular weight excluding hydrogens is 580 g/mol. The first-order chi connectivity index (χ1) is 19.7. The first-order valence-electron chi connectivity index (χ1n) is 13.9. The highest BCUT2D eigenvalue weighted by Crippen LogP contribution is 2.29. The van der Waals surface area contributed by atoms with Gasteiger partial charge >= 0.3 is 0 Å². The molecule has 8 N–H and O–H groups in total. The van der Waals surface area contributed by atoms with Gasteiger partial charge in [-0.05, 0) is 54.0 Å². The number of hydrogen-bond acceptors (Lipinski definition) is 4. The second-order valence-electron chi connectivity index (χ2n) is 10.6. The van der Waals surface area contributed by atoms with Crippen molar-refractivity contribution in [1.29, 1.82) is 10.8 Å². The van der Waals surface area contributed by atoms with Crippen LogP contribution in [0.4, 0.5) is 0 Å². The highest BCUT2D eigenvalue weighted by Gasteiger charge is 2.33. The summed E-state index contributed by atoms with van der Waals surface area (Å²) in [5.74, 6) is -0.862. The number of hydrogen-bond donors (Lipinski definition) is 6. The Balaban J connectivity index is 1.54. The van der Waals surface area contributed by atoms with E-state index < -0.39 is 12.0 Å². The Bertz CT molecular complexity index is 1380. The predicted octanol–water partition coefficient (Wildman–Crippen LogP) is 4.73. The molecule has 2 amide bonds. The third kappa shape index (κ3) is 8.27. The minimum Gasteiger partial charge on any atom is -0.384 e. The second-order valence-corrected chi connectivity index (χ2v) is 11.6. The van der Waals surface area contributed by atoms with Crippen molar-refractivity contribution in [3.63, 3.8) is 0 Å². The van der Waals surface area contributed by atoms with E-state index in [1.807, 2.05) is 48.5 Å². The first-order valence-corrected chi connectivity index (χ1v) is 14.7. The Morgan fingerprint density at radius 3 is 1.98 bits per heavy atom. The number of carbonyl (C=O) groups is 2. The van der Waals surface area contributed by atoms with E-state index in [2.05, 4.69) is 26.6 Å². The molecule has 0 radical (unpaired) electrons. The van der Waals surface area contributed by atoms with Gasteiger partial charge in [-0.15, -0.1) is 0 Å². The highest BCUT2D eigenvalue weighted by molar-refractivity contribution is 9.10. The number of amides is 2. The number of carbonyl (C=O) groups excluding carboxylic acids is 2. The molecule has 1 aliphatic carbocycles. The van der Waals surface area contributed by atoms with Gasteiger partial charge < -0.3 is 22.1 Å². The van der Waals surface area contributed by atoms with Crippen LogP contribution in [0.1, 0.15) is 65.8 Å². The number of nitrogens with one attached hydrogen (secondary N) is 4. The van der Waals surface area contributed by atoms with Crippen LogP contribution in [0.2, 0.25) is 0 Å². The minimum atomic E-state index is -0.644. The lowest BCUT2D eigenvalue weighted by Gasteiger charge is -2.31. The fourth-order valence-electron chi connectivity index (χ4n) is 5.36. The number of nitrogens with two attached hydrogens (primary N) is 2. The average Bonchev–Trinajstić information content (AvgIpc) is 2.98. The van der Waals surface area contributed by atoms with E-state index in [0.29, 0.717) is 24.1 Å². The average molecular weight is 618 g/mol. The van der Waals surface area contributed by atoms with Crippen LogP contribution in [-0.2, 0) is 22.6 Å². The Hall–Kier alpha value is -3.98. The van der Waals surface area contributed by atoms with E-state index in [0.717, 1.165) is 53.3 Å². The van der Waals surface area contributed by atoms with Crippen molar-refractivity contribution in [2.45, 2.75) is 57.0 Å². The predicted molar refractivity (Wildman–Crippen MR) is 166 cm³/mol. The third-order valence-corrected chi connectivity index (χ3v) is 8.20. The summed E-state index contributed by atoms with van der Waals surface area (Å²) >= 11 is 3.53. The molecule has 1 fully saturated rings. The van der Waals surface area contributed by atoms with Gasteiger partial charge in [0.05, 0.1) is 5.92 Å². The Kier molecular flexibility index (Phi) is 10.3. The maximum absolute atomic E-state index is 14.0. The highest BCUT2D eigenvalue weighted by atomic mass is 79.9. The normalized spacial score (nSPS) is 15.0. The van der Waals surface area contributed by atoms with Crippen molar-refractivity contribution in [3.05, 3.63) is 105 Å². The molecule has 41 heavy (non-hydrogen) atoms. The quantitative estimate of drug-likeness (QED) is 0.136. The summed E-state index contributed by atoms with van der Waals surface area (Å²) in [6, 6.07) is 21.6. The van der Waals surface area contributed by atoms with E-state index in [1.165, 1.54) is 0 Å². The summed E-state index contributed by atoms with van der Waals surface area (Å²) in [5, 5.41) is 21.4. The molecule has 0 heterocycles. The molecule has 9 heteroatoms. The zero-order valence-electron chi connectivity index (χ0n) is 23.0. The summed E-state index contributed by atoms with van der Waals surface area (Å²) in [6.07, 6.45) is 5.42. The number of halogens is 1. The Morgan fingerprint density at radius 2 is 1.41 bits per heavy atom. The van der Waals surface area contributed by atoms with E-state index in [4.69, 9.17) is 22.3 Å². The van der Waals surface area contributed by atoms with Crippen LogP contribution in [0.15, 0.2) is 77.3 Å². The first kappa shape index (κ1) is 30.0. The summed E-state index contributed by atoms with van der Waals surface area (Å²) < 4.78 is 0.872. The molecule has 4 rings (SSSR count). The van der Waals surface area contributed by atoms with Crippen LogP contribution in [0.3, 0.4) is 0 Å². The molecule has 3 aromatic carbocycles. The monoisotopic (exact) mass is 616 g/mol. The maximum atomic E-state index is 14.0. The SMILES string of the molecule is N=C(N)c1ccc(CNC(=O)C(NC(=O)C(Cc2ccc(C(=N)N)cc2)c2cccc(Br)c2)C2CCCCC2)cc1. The molecule has 0 bridgehead atoms. The molecule has 1 aliphatic rings. The fraction of sp³-hybridized carbons (Fsp3) is 0.312. The summed E-state index contributed by atoms with van der Waals surface area (Å²) in [6.45, 7) is 0.313. The van der Waals surface area contributed by atoms with Gasteiger partial charge in [-0.2, -0.15) is 0 Å². The van der Waals surface area contributed by atoms with Crippen molar-refractivity contribution in [3.8, 4) is 0 Å². The van der Waals surface area contributed by atoms with Gasteiger partial charge in [-0.1, -0.05) is 95.9 Å². The zero-order chi connectivity index (χ0) is 29.4. The number of benzene rings is 3. The van der Waals surface area contributed by atoms with Crippen molar-refractivity contribution in [2.24, 2.45) is 17.4 Å². The van der Waals surface area contributed by atoms with Crippen LogP contribution >= 0.6 is 15.9 Å². The fourth-order valence-corrected chi connectivity index (χ4v) is 5.78. The van der Waals surface area contributed by atoms with Crippen molar-refractivity contribution in [2.75, 3.05) is 0 Å². The lowest BCUT2D eigenvalue weighted by atomic mass is 9.82. The van der Waals surface area contributed by atoms with Gasteiger partial charge in [0, 0.05) is 22.1 Å². The Morgan fingerprint density at radius 1 is 0.829 bits per heavy atom. The van der Waals surface area contributed by atoms with Crippen LogP contribution in [0.5, 0.6) is 0 Å². The molecule has 214 valence electrons. The van der Waals surface area contributed by atoms with Gasteiger partial charge in [-0.25, -0.2) is 0 Å². The van der Waals surface area contributed by atoms with E-state index in [1.54, 1.807) is 24.3 Å². The van der Waals surface area contributed by atoms with E-state index in [-0.39, 0.29) is 29.4 Å². The third-order valence-electron chi connectivity index (χ3n) is 7.71. The lowest BCUT2D eigenvalue weighted by Crippen LogP contribution is -2.52. The number of nitrogen functional groups attached to an aromatic ring is 2. The topological polar surface area (TPSA) is 158 Å². The summed E-state index contributed by atoms with van der Waals surface area (Å²) in [7, 11) is 0. The molecule has 0 aromatic heterocycles. The largest absolute Gasteiger partial charge is 0.384 e. The molecule has 3 aromatic rings. The van der Waals surface area contributed by atoms with E-state index >= 15 is 0 Å². The van der Waals surface area contributed by atoms with Crippen molar-refractivity contribution in [1.82, 2.24) is 10.6 Å². The van der Waals surface area contributed by atoms with Gasteiger partial charge in [0.2, 0.25) is 11.8 Å². The van der Waals surface area contributed by atoms with Gasteiger partial charge in [0.1, 0.15) is 17.7 Å². The molecule has 0 aliphatic heterocycles. The van der Waals surface area contributed by atoms with Gasteiger partial charge in [0.15, 0.2) is 0 Å². The maximum Gasteiger partial charge on any atom is 0.243 e. The number of rotatable bonds is 11. The molecule has 2 atom stereocenters. The zero-order valence-corrected chi connectivity index (χ0v) is 24.5. The summed E-state index contributed by atoms with van der Waals surface area (Å²) in [4.78, 5) is 27.6. The molecule has 8 nitrogen and oxygen atoms in total.